The number of hydrogen-bond acceptors (Lipinski definition) is 3. The Morgan fingerprint density at radius 2 is 0.875 bits per heavy atom. The second-order valence-corrected chi connectivity index (χ2v) is 0.289. The minimum absolute atomic E-state index is 1.25. The van der Waals surface area contributed by atoms with Crippen LogP contribution in [0.3, 0.4) is 0 Å². The van der Waals surface area contributed by atoms with Crippen molar-refractivity contribution in [3.05, 3.63) is 13.2 Å². The summed E-state index contributed by atoms with van der Waals surface area (Å²) in [5.74, 6) is 2.50. The minimum atomic E-state index is 1.25. The van der Waals surface area contributed by atoms with Crippen LogP contribution in [0, 0.1) is 0 Å². The van der Waals surface area contributed by atoms with Crippen LogP contribution in [0.5, 0.6) is 0 Å². The van der Waals surface area contributed by atoms with Gasteiger partial charge in [-0.3, -0.25) is 0 Å². The molecule has 0 atom stereocenters. The van der Waals surface area contributed by atoms with E-state index < -0.39 is 0 Å². The van der Waals surface area contributed by atoms with Crippen molar-refractivity contribution in [1.29, 1.82) is 0 Å². The third kappa shape index (κ3) is 28.5. The number of carbonyl (C=O) groups excluding carboxylic acids is 3. The summed E-state index contributed by atoms with van der Waals surface area (Å²) in [5.41, 5.74) is 0. The van der Waals surface area contributed by atoms with Crippen molar-refractivity contribution in [2.45, 2.75) is 0 Å². The molecule has 0 aliphatic rings. The first kappa shape index (κ1) is 16.0. The first-order valence-electron chi connectivity index (χ1n) is 1.40. The fourth-order valence-electron chi connectivity index (χ4n) is 0. The fourth-order valence-corrected chi connectivity index (χ4v) is 0. The summed E-state index contributed by atoms with van der Waals surface area (Å²) < 4.78 is 0. The molecule has 0 unspecified atom stereocenters. The third-order valence-electron chi connectivity index (χ3n) is 0. The molecule has 0 amide bonds. The Balaban J connectivity index is -0.0000000483. The highest BCUT2D eigenvalue weighted by Gasteiger charge is 1.01. The van der Waals surface area contributed by atoms with Gasteiger partial charge in [-0.05, 0) is 13.2 Å². The molecule has 44 valence electrons. The van der Waals surface area contributed by atoms with E-state index in [1.807, 2.05) is 6.79 Å². The summed E-state index contributed by atoms with van der Waals surface area (Å²) in [7, 11) is 0. The predicted molar refractivity (Wildman–Crippen MR) is 29.8 cm³/mol. The summed E-state index contributed by atoms with van der Waals surface area (Å²) in [5, 5.41) is 0. The summed E-state index contributed by atoms with van der Waals surface area (Å²) in [4.78, 5) is 25.1. The second kappa shape index (κ2) is 358. The quantitative estimate of drug-likeness (QED) is 0.410. The Kier molecular flexibility index (Phi) is 716. The van der Waals surface area contributed by atoms with Crippen LogP contribution < -0.4 is 0 Å². The van der Waals surface area contributed by atoms with Gasteiger partial charge >= 0.3 is 0 Å². The van der Waals surface area contributed by atoms with Crippen molar-refractivity contribution < 1.29 is 14.4 Å². The van der Waals surface area contributed by atoms with Gasteiger partial charge in [0.25, 0.3) is 0 Å². The molecular weight excluding hydrogens is 108 g/mol. The Bertz CT molecular complexity index is 71.8. The average Bonchev–Trinajstić information content (AvgIpc) is 1.75. The standard InChI is InChI=1S/2C2H2O.CH2O/c2*1-2-3;1-2/h2*1H2;1H2. The smallest absolute Gasteiger partial charge is 0.116 e. The summed E-state index contributed by atoms with van der Waals surface area (Å²) in [6.07, 6.45) is 0. The zero-order valence-corrected chi connectivity index (χ0v) is 4.35. The van der Waals surface area contributed by atoms with E-state index in [9.17, 15) is 0 Å². The molecule has 0 rings (SSSR count). The second-order valence-electron chi connectivity index (χ2n) is 0.289. The number of rotatable bonds is 0. The van der Waals surface area contributed by atoms with Crippen molar-refractivity contribution in [2.75, 3.05) is 0 Å². The zero-order valence-electron chi connectivity index (χ0n) is 4.35. The van der Waals surface area contributed by atoms with E-state index in [0.29, 0.717) is 0 Å². The van der Waals surface area contributed by atoms with Gasteiger partial charge in [0.15, 0.2) is 0 Å². The lowest BCUT2D eigenvalue weighted by atomic mass is 11.2. The van der Waals surface area contributed by atoms with Crippen LogP contribution in [0.15, 0.2) is 13.2 Å². The molecule has 8 heavy (non-hydrogen) atoms. The molecule has 0 spiro atoms. The van der Waals surface area contributed by atoms with E-state index in [1.54, 1.807) is 0 Å². The van der Waals surface area contributed by atoms with Crippen LogP contribution in [0.2, 0.25) is 0 Å². The van der Waals surface area contributed by atoms with Crippen LogP contribution in [0.4, 0.5) is 0 Å². The summed E-state index contributed by atoms with van der Waals surface area (Å²) >= 11 is 0. The fraction of sp³-hybridized carbons (Fsp3) is 0. The largest absolute Gasteiger partial charge is 0.307 e. The SMILES string of the molecule is C=C=O.C=C=O.C=O. The average molecular weight is 114 g/mol. The van der Waals surface area contributed by atoms with E-state index >= 15 is 0 Å². The molecule has 0 heterocycles. The maximum absolute atomic E-state index is 8.57. The predicted octanol–water partition coefficient (Wildman–Crippen LogP) is -0.177. The summed E-state index contributed by atoms with van der Waals surface area (Å²) in [6, 6.07) is 0. The molecule has 0 N–H and O–H groups in total. The molecule has 0 radical (unpaired) electrons. The Morgan fingerprint density at radius 1 is 0.875 bits per heavy atom. The Hall–Kier alpha value is -1.43. The van der Waals surface area contributed by atoms with Gasteiger partial charge in [0.05, 0.1) is 0 Å². The minimum Gasteiger partial charge on any atom is -0.307 e. The molecule has 0 aromatic rings. The Morgan fingerprint density at radius 3 is 0.875 bits per heavy atom. The lowest BCUT2D eigenvalue weighted by molar-refractivity contribution is -0.0979. The van der Waals surface area contributed by atoms with Gasteiger partial charge in [-0.2, -0.15) is 0 Å². The highest BCUT2D eigenvalue weighted by atomic mass is 16.1. The monoisotopic (exact) mass is 114 g/mol. The third-order valence-corrected chi connectivity index (χ3v) is 0. The van der Waals surface area contributed by atoms with Crippen molar-refractivity contribution >= 4 is 18.7 Å². The highest BCUT2D eigenvalue weighted by molar-refractivity contribution is 5.38. The summed E-state index contributed by atoms with van der Waals surface area (Å²) in [6.45, 7) is 7.36. The van der Waals surface area contributed by atoms with E-state index in [2.05, 4.69) is 13.2 Å². The van der Waals surface area contributed by atoms with E-state index in [4.69, 9.17) is 14.4 Å². The van der Waals surface area contributed by atoms with Crippen LogP contribution in [-0.2, 0) is 14.4 Å². The maximum atomic E-state index is 8.57. The van der Waals surface area contributed by atoms with Crippen molar-refractivity contribution in [1.82, 2.24) is 0 Å². The topological polar surface area (TPSA) is 51.2 Å². The zero-order chi connectivity index (χ0) is 7.41. The normalized spacial score (nSPS) is 2.50. The van der Waals surface area contributed by atoms with Crippen molar-refractivity contribution in [3.63, 3.8) is 0 Å². The van der Waals surface area contributed by atoms with Gasteiger partial charge in [0, 0.05) is 0 Å². The van der Waals surface area contributed by atoms with E-state index in [0.717, 1.165) is 0 Å². The van der Waals surface area contributed by atoms with Gasteiger partial charge in [0.2, 0.25) is 0 Å². The van der Waals surface area contributed by atoms with E-state index in [1.165, 1.54) is 11.9 Å². The van der Waals surface area contributed by atoms with Gasteiger partial charge in [-0.1, -0.05) is 0 Å². The maximum Gasteiger partial charge on any atom is 0.116 e. The van der Waals surface area contributed by atoms with Crippen molar-refractivity contribution in [3.8, 4) is 0 Å². The van der Waals surface area contributed by atoms with Gasteiger partial charge in [-0.15, -0.1) is 0 Å². The molecule has 0 aromatic carbocycles. The molecule has 0 saturated heterocycles. The molecule has 0 fully saturated rings. The van der Waals surface area contributed by atoms with Crippen LogP contribution in [0.1, 0.15) is 0 Å². The molecule has 3 heteroatoms. The lowest BCUT2D eigenvalue weighted by Gasteiger charge is -1.02. The van der Waals surface area contributed by atoms with Crippen molar-refractivity contribution in [2.24, 2.45) is 0 Å². The molecule has 0 saturated carbocycles. The van der Waals surface area contributed by atoms with Crippen LogP contribution in [0.25, 0.3) is 0 Å². The molecule has 0 aliphatic carbocycles. The molecular formula is C5H6O3. The molecule has 0 aliphatic heterocycles. The first-order valence-corrected chi connectivity index (χ1v) is 1.40. The Labute approximate surface area is 47.3 Å². The first-order chi connectivity index (χ1) is 3.83. The van der Waals surface area contributed by atoms with E-state index in [-0.39, 0.29) is 0 Å². The van der Waals surface area contributed by atoms with Crippen LogP contribution >= 0.6 is 0 Å². The van der Waals surface area contributed by atoms with Crippen LogP contribution in [-0.4, -0.2) is 18.7 Å². The number of hydrogen-bond donors (Lipinski definition) is 0. The molecule has 3 nitrogen and oxygen atoms in total. The van der Waals surface area contributed by atoms with Gasteiger partial charge in [-0.25, -0.2) is 9.59 Å². The van der Waals surface area contributed by atoms with Gasteiger partial charge < -0.3 is 4.79 Å². The lowest BCUT2D eigenvalue weighted by Crippen LogP contribution is -1.15. The number of carbonyl (C=O) groups is 1. The van der Waals surface area contributed by atoms with Gasteiger partial charge in [0.1, 0.15) is 18.7 Å². The highest BCUT2D eigenvalue weighted by Crippen LogP contribution is 0.897. The molecule has 0 bridgehead atoms. The molecule has 0 aromatic heterocycles.